The first kappa shape index (κ1) is 24.7. The van der Waals surface area contributed by atoms with Crippen molar-refractivity contribution >= 4 is 22.6 Å². The van der Waals surface area contributed by atoms with Gasteiger partial charge >= 0.3 is 0 Å². The zero-order valence-electron chi connectivity index (χ0n) is 21.6. The molecule has 1 amide bonds. The lowest BCUT2D eigenvalue weighted by molar-refractivity contribution is -0.137. The molecule has 1 atom stereocenters. The largest absolute Gasteiger partial charge is 0.369 e. The highest BCUT2D eigenvalue weighted by Gasteiger charge is 2.30. The highest BCUT2D eigenvalue weighted by atomic mass is 16.2. The number of aromatic nitrogens is 2. The van der Waals surface area contributed by atoms with Gasteiger partial charge in [-0.15, -0.1) is 0 Å². The van der Waals surface area contributed by atoms with E-state index < -0.39 is 0 Å². The van der Waals surface area contributed by atoms with Crippen LogP contribution in [0.3, 0.4) is 0 Å². The van der Waals surface area contributed by atoms with Crippen LogP contribution < -0.4 is 5.32 Å². The summed E-state index contributed by atoms with van der Waals surface area (Å²) in [5, 5.41) is 4.60. The predicted molar refractivity (Wildman–Crippen MR) is 145 cm³/mol. The van der Waals surface area contributed by atoms with Crippen molar-refractivity contribution in [2.24, 2.45) is 5.92 Å². The lowest BCUT2D eigenvalue weighted by atomic mass is 9.83. The first-order valence-electron chi connectivity index (χ1n) is 13.3. The minimum absolute atomic E-state index is 0.122. The third-order valence-corrected chi connectivity index (χ3v) is 7.47. The van der Waals surface area contributed by atoms with Crippen LogP contribution in [-0.2, 0) is 24.2 Å². The molecule has 190 valence electrons. The third kappa shape index (κ3) is 5.85. The number of fused-ring (bicyclic) bond motifs is 2. The van der Waals surface area contributed by atoms with Crippen LogP contribution in [0.4, 0.5) is 5.82 Å². The SMILES string of the molecule is CN(C)CCCNc1nc(CN2CCN(C(=O)C3CCc4ccccc4C3)CC2)nc2ccccc12. The fraction of sp³-hybridized carbons (Fsp3) is 0.483. The molecule has 0 saturated carbocycles. The quantitative estimate of drug-likeness (QED) is 0.492. The van der Waals surface area contributed by atoms with Gasteiger partial charge in [0.15, 0.2) is 0 Å². The van der Waals surface area contributed by atoms with Gasteiger partial charge in [-0.05, 0) is 69.6 Å². The standard InChI is InChI=1S/C29H38N6O/c1-33(2)15-7-14-30-28-25-10-5-6-11-26(25)31-27(32-28)21-34-16-18-35(19-17-34)29(36)24-13-12-22-8-3-4-9-23(22)20-24/h3-6,8-11,24H,7,12-21H2,1-2H3,(H,30,31,32). The van der Waals surface area contributed by atoms with E-state index in [0.717, 1.165) is 87.5 Å². The Balaban J connectivity index is 1.18. The van der Waals surface area contributed by atoms with Gasteiger partial charge in [-0.1, -0.05) is 36.4 Å². The molecular weight excluding hydrogens is 448 g/mol. The molecule has 1 N–H and O–H groups in total. The number of hydrogen-bond acceptors (Lipinski definition) is 6. The molecule has 1 aliphatic carbocycles. The minimum Gasteiger partial charge on any atom is -0.369 e. The molecule has 1 unspecified atom stereocenters. The molecule has 0 spiro atoms. The second kappa shape index (κ2) is 11.4. The van der Waals surface area contributed by atoms with Crippen molar-refractivity contribution in [3.8, 4) is 0 Å². The zero-order valence-corrected chi connectivity index (χ0v) is 21.6. The average Bonchev–Trinajstić information content (AvgIpc) is 2.90. The Kier molecular flexibility index (Phi) is 7.78. The van der Waals surface area contributed by atoms with Gasteiger partial charge in [0.1, 0.15) is 11.6 Å². The molecule has 2 aliphatic rings. The smallest absolute Gasteiger partial charge is 0.226 e. The van der Waals surface area contributed by atoms with Crippen LogP contribution in [0.25, 0.3) is 10.9 Å². The molecule has 5 rings (SSSR count). The predicted octanol–water partition coefficient (Wildman–Crippen LogP) is 3.44. The maximum atomic E-state index is 13.3. The highest BCUT2D eigenvalue weighted by Crippen LogP contribution is 2.27. The van der Waals surface area contributed by atoms with Gasteiger partial charge in [0, 0.05) is 44.0 Å². The van der Waals surface area contributed by atoms with Crippen molar-refractivity contribution in [2.45, 2.75) is 32.2 Å². The van der Waals surface area contributed by atoms with Gasteiger partial charge in [0.25, 0.3) is 0 Å². The number of anilines is 1. The molecule has 3 aromatic rings. The molecule has 36 heavy (non-hydrogen) atoms. The van der Waals surface area contributed by atoms with Crippen molar-refractivity contribution in [3.63, 3.8) is 0 Å². The molecule has 2 aromatic carbocycles. The fourth-order valence-corrected chi connectivity index (χ4v) is 5.43. The number of para-hydroxylation sites is 1. The number of nitrogens with zero attached hydrogens (tertiary/aromatic N) is 5. The van der Waals surface area contributed by atoms with Crippen molar-refractivity contribution in [1.29, 1.82) is 0 Å². The summed E-state index contributed by atoms with van der Waals surface area (Å²) in [6, 6.07) is 16.8. The molecule has 0 radical (unpaired) electrons. The van der Waals surface area contributed by atoms with Crippen LogP contribution in [0.2, 0.25) is 0 Å². The second-order valence-corrected chi connectivity index (χ2v) is 10.4. The molecular formula is C29H38N6O. The molecule has 0 bridgehead atoms. The average molecular weight is 487 g/mol. The number of benzene rings is 2. The maximum absolute atomic E-state index is 13.3. The Bertz CT molecular complexity index is 1190. The van der Waals surface area contributed by atoms with E-state index in [1.807, 2.05) is 12.1 Å². The number of hydrogen-bond donors (Lipinski definition) is 1. The van der Waals surface area contributed by atoms with Gasteiger partial charge in [-0.3, -0.25) is 9.69 Å². The molecule has 1 aromatic heterocycles. The molecule has 1 fully saturated rings. The van der Waals surface area contributed by atoms with Crippen LogP contribution in [0.15, 0.2) is 48.5 Å². The Morgan fingerprint density at radius 1 is 1.00 bits per heavy atom. The van der Waals surface area contributed by atoms with E-state index in [9.17, 15) is 4.79 Å². The van der Waals surface area contributed by atoms with Crippen molar-refractivity contribution in [3.05, 3.63) is 65.5 Å². The van der Waals surface area contributed by atoms with Crippen LogP contribution in [-0.4, -0.2) is 83.9 Å². The van der Waals surface area contributed by atoms with Gasteiger partial charge in [0.05, 0.1) is 12.1 Å². The Labute approximate surface area is 214 Å². The normalized spacial score (nSPS) is 18.4. The van der Waals surface area contributed by atoms with Crippen molar-refractivity contribution in [2.75, 3.05) is 58.7 Å². The Hall–Kier alpha value is -3.03. The van der Waals surface area contributed by atoms with Gasteiger partial charge in [-0.2, -0.15) is 0 Å². The third-order valence-electron chi connectivity index (χ3n) is 7.47. The monoisotopic (exact) mass is 486 g/mol. The van der Waals surface area contributed by atoms with Crippen LogP contribution in [0, 0.1) is 5.92 Å². The zero-order chi connectivity index (χ0) is 24.9. The van der Waals surface area contributed by atoms with Gasteiger partial charge in [-0.25, -0.2) is 9.97 Å². The van der Waals surface area contributed by atoms with E-state index in [-0.39, 0.29) is 5.92 Å². The second-order valence-electron chi connectivity index (χ2n) is 10.4. The summed E-state index contributed by atoms with van der Waals surface area (Å²) in [6.45, 7) is 5.90. The number of amides is 1. The number of carbonyl (C=O) groups is 1. The number of piperazine rings is 1. The van der Waals surface area contributed by atoms with E-state index in [2.05, 4.69) is 70.5 Å². The van der Waals surface area contributed by atoms with E-state index in [4.69, 9.17) is 9.97 Å². The first-order valence-corrected chi connectivity index (χ1v) is 13.3. The molecule has 2 heterocycles. The summed E-state index contributed by atoms with van der Waals surface area (Å²) in [5.41, 5.74) is 3.73. The van der Waals surface area contributed by atoms with Crippen molar-refractivity contribution < 1.29 is 4.79 Å². The summed E-state index contributed by atoms with van der Waals surface area (Å²) < 4.78 is 0. The Morgan fingerprint density at radius 2 is 1.75 bits per heavy atom. The molecule has 1 saturated heterocycles. The van der Waals surface area contributed by atoms with Crippen molar-refractivity contribution in [1.82, 2.24) is 24.7 Å². The van der Waals surface area contributed by atoms with E-state index in [1.54, 1.807) is 0 Å². The van der Waals surface area contributed by atoms with Gasteiger partial charge in [0.2, 0.25) is 5.91 Å². The number of carbonyl (C=O) groups excluding carboxylic acids is 1. The summed E-state index contributed by atoms with van der Waals surface area (Å²) >= 11 is 0. The molecule has 7 nitrogen and oxygen atoms in total. The summed E-state index contributed by atoms with van der Waals surface area (Å²) in [6.07, 6.45) is 3.91. The summed E-state index contributed by atoms with van der Waals surface area (Å²) in [7, 11) is 4.19. The van der Waals surface area contributed by atoms with Gasteiger partial charge < -0.3 is 15.1 Å². The lowest BCUT2D eigenvalue weighted by Crippen LogP contribution is -2.50. The lowest BCUT2D eigenvalue weighted by Gasteiger charge is -2.37. The first-order chi connectivity index (χ1) is 17.6. The highest BCUT2D eigenvalue weighted by molar-refractivity contribution is 5.89. The van der Waals surface area contributed by atoms with E-state index >= 15 is 0 Å². The topological polar surface area (TPSA) is 64.6 Å². The number of rotatable bonds is 8. The summed E-state index contributed by atoms with van der Waals surface area (Å²) in [4.78, 5) is 29.7. The number of aryl methyl sites for hydroxylation is 1. The molecule has 7 heteroatoms. The van der Waals surface area contributed by atoms with E-state index in [1.165, 1.54) is 11.1 Å². The fourth-order valence-electron chi connectivity index (χ4n) is 5.43. The van der Waals surface area contributed by atoms with Crippen LogP contribution in [0.1, 0.15) is 29.8 Å². The van der Waals surface area contributed by atoms with E-state index in [0.29, 0.717) is 12.5 Å². The molecule has 1 aliphatic heterocycles. The summed E-state index contributed by atoms with van der Waals surface area (Å²) in [5.74, 6) is 2.21. The van der Waals surface area contributed by atoms with Crippen LogP contribution >= 0.6 is 0 Å². The number of nitrogens with one attached hydrogen (secondary N) is 1. The minimum atomic E-state index is 0.122. The Morgan fingerprint density at radius 3 is 2.56 bits per heavy atom. The maximum Gasteiger partial charge on any atom is 0.226 e. The van der Waals surface area contributed by atoms with Crippen LogP contribution in [0.5, 0.6) is 0 Å².